The minimum atomic E-state index is -0.985. The topological polar surface area (TPSA) is 100 Å². The second-order valence-electron chi connectivity index (χ2n) is 2.79. The molecule has 0 fully saturated rings. The Balaban J connectivity index is 2.85. The summed E-state index contributed by atoms with van der Waals surface area (Å²) >= 11 is 0. The van der Waals surface area contributed by atoms with Gasteiger partial charge in [0.2, 0.25) is 0 Å². The molecular weight excluding hydrogens is 182 g/mol. The van der Waals surface area contributed by atoms with Gasteiger partial charge in [-0.25, -0.2) is 0 Å². The zero-order chi connectivity index (χ0) is 10.6. The van der Waals surface area contributed by atoms with Crippen molar-refractivity contribution >= 4 is 5.97 Å². The zero-order valence-corrected chi connectivity index (χ0v) is 7.34. The first-order valence-corrected chi connectivity index (χ1v) is 3.97. The Hall–Kier alpha value is -1.93. The van der Waals surface area contributed by atoms with Gasteiger partial charge in [0.25, 0.3) is 0 Å². The number of aliphatic carboxylic acids is 1. The third kappa shape index (κ3) is 2.54. The molecule has 0 aliphatic heterocycles. The molecule has 5 nitrogen and oxygen atoms in total. The monoisotopic (exact) mass is 191 g/mol. The van der Waals surface area contributed by atoms with Crippen molar-refractivity contribution in [2.75, 3.05) is 0 Å². The summed E-state index contributed by atoms with van der Waals surface area (Å²) in [6.45, 7) is 0. The molecule has 1 aromatic heterocycles. The molecule has 0 aliphatic carbocycles. The summed E-state index contributed by atoms with van der Waals surface area (Å²) in [5.74, 6) is -0.985. The Bertz CT molecular complexity index is 384. The second kappa shape index (κ2) is 4.35. The maximum Gasteiger partial charge on any atom is 0.305 e. The number of hydrogen-bond acceptors (Lipinski definition) is 4. The summed E-state index contributed by atoms with van der Waals surface area (Å²) in [4.78, 5) is 14.3. The van der Waals surface area contributed by atoms with Gasteiger partial charge in [-0.15, -0.1) is 0 Å². The summed E-state index contributed by atoms with van der Waals surface area (Å²) < 4.78 is 0. The predicted octanol–water partition coefficient (Wildman–Crippen LogP) is 0.428. The summed E-state index contributed by atoms with van der Waals surface area (Å²) in [5.41, 5.74) is 6.42. The van der Waals surface area contributed by atoms with Crippen LogP contribution in [-0.4, -0.2) is 16.1 Å². The number of nitrogens with two attached hydrogens (primary N) is 1. The third-order valence-corrected chi connectivity index (χ3v) is 1.68. The number of hydrogen-bond donors (Lipinski definition) is 2. The summed E-state index contributed by atoms with van der Waals surface area (Å²) in [7, 11) is 0. The van der Waals surface area contributed by atoms with E-state index in [4.69, 9.17) is 16.1 Å². The van der Waals surface area contributed by atoms with Crippen molar-refractivity contribution in [2.24, 2.45) is 5.73 Å². The largest absolute Gasteiger partial charge is 0.481 e. The number of pyridine rings is 1. The maximum atomic E-state index is 10.4. The molecule has 1 heterocycles. The first-order chi connectivity index (χ1) is 6.63. The van der Waals surface area contributed by atoms with E-state index in [9.17, 15) is 4.79 Å². The lowest BCUT2D eigenvalue weighted by Crippen LogP contribution is -2.16. The van der Waals surface area contributed by atoms with Gasteiger partial charge in [0.1, 0.15) is 0 Å². The standard InChI is InChI=1S/C9H9N3O2/c10-5-6-1-2-12-8(3-6)7(11)4-9(13)14/h1-3,7H,4,11H2,(H,13,14). The lowest BCUT2D eigenvalue weighted by atomic mass is 10.1. The van der Waals surface area contributed by atoms with E-state index >= 15 is 0 Å². The molecule has 0 aliphatic rings. The highest BCUT2D eigenvalue weighted by Crippen LogP contribution is 2.12. The van der Waals surface area contributed by atoms with E-state index in [-0.39, 0.29) is 6.42 Å². The van der Waals surface area contributed by atoms with E-state index < -0.39 is 12.0 Å². The van der Waals surface area contributed by atoms with E-state index in [1.165, 1.54) is 18.3 Å². The maximum absolute atomic E-state index is 10.4. The van der Waals surface area contributed by atoms with Crippen LogP contribution in [0.3, 0.4) is 0 Å². The Morgan fingerprint density at radius 2 is 2.50 bits per heavy atom. The molecule has 0 saturated heterocycles. The molecule has 14 heavy (non-hydrogen) atoms. The zero-order valence-electron chi connectivity index (χ0n) is 7.34. The number of nitriles is 1. The van der Waals surface area contributed by atoms with Crippen LogP contribution >= 0.6 is 0 Å². The SMILES string of the molecule is N#Cc1ccnc(C(N)CC(=O)O)c1. The van der Waals surface area contributed by atoms with Crippen molar-refractivity contribution in [3.05, 3.63) is 29.6 Å². The third-order valence-electron chi connectivity index (χ3n) is 1.68. The average molecular weight is 191 g/mol. The van der Waals surface area contributed by atoms with E-state index in [1.54, 1.807) is 0 Å². The van der Waals surface area contributed by atoms with E-state index in [1.807, 2.05) is 6.07 Å². The summed E-state index contributed by atoms with van der Waals surface area (Å²) in [6, 6.07) is 4.30. The molecule has 0 radical (unpaired) electrons. The minimum Gasteiger partial charge on any atom is -0.481 e. The Kier molecular flexibility index (Phi) is 3.15. The molecular formula is C9H9N3O2. The van der Waals surface area contributed by atoms with Crippen molar-refractivity contribution in [1.29, 1.82) is 5.26 Å². The quantitative estimate of drug-likeness (QED) is 0.721. The molecule has 1 rings (SSSR count). The van der Waals surface area contributed by atoms with Crippen LogP contribution in [0.15, 0.2) is 18.3 Å². The van der Waals surface area contributed by atoms with Gasteiger partial charge in [-0.2, -0.15) is 5.26 Å². The lowest BCUT2D eigenvalue weighted by molar-refractivity contribution is -0.137. The molecule has 72 valence electrons. The van der Waals surface area contributed by atoms with Crippen molar-refractivity contribution in [1.82, 2.24) is 4.98 Å². The van der Waals surface area contributed by atoms with Gasteiger partial charge < -0.3 is 10.8 Å². The van der Waals surface area contributed by atoms with Crippen molar-refractivity contribution in [3.63, 3.8) is 0 Å². The second-order valence-corrected chi connectivity index (χ2v) is 2.79. The fourth-order valence-electron chi connectivity index (χ4n) is 1.01. The molecule has 0 bridgehead atoms. The number of rotatable bonds is 3. The smallest absolute Gasteiger partial charge is 0.305 e. The van der Waals surface area contributed by atoms with Crippen molar-refractivity contribution in [2.45, 2.75) is 12.5 Å². The molecule has 5 heteroatoms. The number of carbonyl (C=O) groups is 1. The predicted molar refractivity (Wildman–Crippen MR) is 48.1 cm³/mol. The summed E-state index contributed by atoms with van der Waals surface area (Å²) in [6.07, 6.45) is 1.25. The molecule has 0 aromatic carbocycles. The highest BCUT2D eigenvalue weighted by atomic mass is 16.4. The number of nitrogens with zero attached hydrogens (tertiary/aromatic N) is 2. The Morgan fingerprint density at radius 1 is 1.79 bits per heavy atom. The number of aromatic nitrogens is 1. The van der Waals surface area contributed by atoms with Gasteiger partial charge in [0.15, 0.2) is 0 Å². The van der Waals surface area contributed by atoms with Gasteiger partial charge in [-0.3, -0.25) is 9.78 Å². The van der Waals surface area contributed by atoms with Gasteiger partial charge in [-0.1, -0.05) is 0 Å². The van der Waals surface area contributed by atoms with E-state index in [2.05, 4.69) is 4.98 Å². The van der Waals surface area contributed by atoms with Gasteiger partial charge in [0, 0.05) is 6.20 Å². The fourth-order valence-corrected chi connectivity index (χ4v) is 1.01. The fraction of sp³-hybridized carbons (Fsp3) is 0.222. The minimum absolute atomic E-state index is 0.193. The molecule has 3 N–H and O–H groups in total. The van der Waals surface area contributed by atoms with Crippen LogP contribution in [0.1, 0.15) is 23.7 Å². The summed E-state index contributed by atoms with van der Waals surface area (Å²) in [5, 5.41) is 17.1. The number of carboxylic acids is 1. The Morgan fingerprint density at radius 3 is 3.07 bits per heavy atom. The van der Waals surface area contributed by atoms with Crippen LogP contribution in [0.4, 0.5) is 0 Å². The normalized spacial score (nSPS) is 11.7. The van der Waals surface area contributed by atoms with Crippen LogP contribution in [0.25, 0.3) is 0 Å². The average Bonchev–Trinajstić information content (AvgIpc) is 2.17. The van der Waals surface area contributed by atoms with Crippen LogP contribution in [-0.2, 0) is 4.79 Å². The van der Waals surface area contributed by atoms with Crippen molar-refractivity contribution < 1.29 is 9.90 Å². The van der Waals surface area contributed by atoms with Crippen LogP contribution in [0.5, 0.6) is 0 Å². The van der Waals surface area contributed by atoms with Crippen LogP contribution in [0.2, 0.25) is 0 Å². The molecule has 1 aromatic rings. The van der Waals surface area contributed by atoms with Gasteiger partial charge in [-0.05, 0) is 12.1 Å². The van der Waals surface area contributed by atoms with E-state index in [0.29, 0.717) is 11.3 Å². The van der Waals surface area contributed by atoms with Crippen LogP contribution < -0.4 is 5.73 Å². The number of carboxylic acid groups (broad SMARTS) is 1. The first-order valence-electron chi connectivity index (χ1n) is 3.97. The molecule has 1 unspecified atom stereocenters. The first kappa shape index (κ1) is 10.2. The molecule has 0 amide bonds. The Labute approximate surface area is 80.8 Å². The van der Waals surface area contributed by atoms with E-state index in [0.717, 1.165) is 0 Å². The van der Waals surface area contributed by atoms with Gasteiger partial charge >= 0.3 is 5.97 Å². The molecule has 1 atom stereocenters. The van der Waals surface area contributed by atoms with Crippen molar-refractivity contribution in [3.8, 4) is 6.07 Å². The molecule has 0 spiro atoms. The highest BCUT2D eigenvalue weighted by molar-refractivity contribution is 5.67. The van der Waals surface area contributed by atoms with Gasteiger partial charge in [0.05, 0.1) is 29.8 Å². The van der Waals surface area contributed by atoms with Crippen LogP contribution in [0, 0.1) is 11.3 Å². The molecule has 0 saturated carbocycles. The lowest BCUT2D eigenvalue weighted by Gasteiger charge is -2.07. The highest BCUT2D eigenvalue weighted by Gasteiger charge is 2.11.